The van der Waals surface area contributed by atoms with Gasteiger partial charge in [0.2, 0.25) is 0 Å². The van der Waals surface area contributed by atoms with Crippen LogP contribution in [0.25, 0.3) is 0 Å². The van der Waals surface area contributed by atoms with Gasteiger partial charge in [-0.15, -0.1) is 19.4 Å². The highest BCUT2D eigenvalue weighted by Gasteiger charge is 1.60. The average Bonchev–Trinajstić information content (AvgIpc) is 2.47. The summed E-state index contributed by atoms with van der Waals surface area (Å²) in [5, 5.41) is 0. The Morgan fingerprint density at radius 3 is 1.16 bits per heavy atom. The molecule has 0 nitrogen and oxygen atoms in total. The predicted octanol–water partition coefficient (Wildman–Crippen LogP) is 7.44. The van der Waals surface area contributed by atoms with Gasteiger partial charge in [-0.05, 0) is 41.0 Å². The van der Waals surface area contributed by atoms with Crippen molar-refractivity contribution < 1.29 is 0 Å². The van der Waals surface area contributed by atoms with E-state index >= 15 is 0 Å². The second-order valence-electron chi connectivity index (χ2n) is 2.75. The van der Waals surface area contributed by atoms with Crippen LogP contribution in [-0.2, 0) is 0 Å². The Hall–Kier alpha value is -1.22. The summed E-state index contributed by atoms with van der Waals surface area (Å²) in [6.45, 7) is 23.6. The van der Waals surface area contributed by atoms with Crippen molar-refractivity contribution in [2.45, 2.75) is 75.7 Å². The van der Waals surface area contributed by atoms with Crippen LogP contribution in [0.5, 0.6) is 0 Å². The van der Waals surface area contributed by atoms with Gasteiger partial charge in [0, 0.05) is 0 Å². The molecule has 0 rings (SSSR count). The molecule has 0 aromatic carbocycles. The summed E-state index contributed by atoms with van der Waals surface area (Å²) in [4.78, 5) is 0. The van der Waals surface area contributed by atoms with Crippen molar-refractivity contribution in [1.82, 2.24) is 0 Å². The SMILES string of the molecule is C#C.C=CC.CC.CC.CC=C(C)C.CC=CCC. The molecule has 0 amide bonds. The number of hydrogen-bond acceptors (Lipinski definition) is 0. The largest absolute Gasteiger partial charge is 0.124 e. The Bertz CT molecular complexity index is 152. The normalized spacial score (nSPS) is 5.89. The van der Waals surface area contributed by atoms with Crippen LogP contribution in [-0.4, -0.2) is 0 Å². The first kappa shape index (κ1) is 36.1. The van der Waals surface area contributed by atoms with E-state index in [0.29, 0.717) is 0 Å². The van der Waals surface area contributed by atoms with Crippen molar-refractivity contribution in [2.24, 2.45) is 0 Å². The Kier molecular flexibility index (Phi) is 173. The molecule has 116 valence electrons. The summed E-state index contributed by atoms with van der Waals surface area (Å²) >= 11 is 0. The fourth-order valence-electron chi connectivity index (χ4n) is 0.236. The fourth-order valence-corrected chi connectivity index (χ4v) is 0.236. The van der Waals surface area contributed by atoms with Crippen LogP contribution in [0.4, 0.5) is 0 Å². The summed E-state index contributed by atoms with van der Waals surface area (Å²) in [6, 6.07) is 0. The molecule has 19 heavy (non-hydrogen) atoms. The van der Waals surface area contributed by atoms with Crippen LogP contribution in [0.1, 0.15) is 75.7 Å². The van der Waals surface area contributed by atoms with Crippen LogP contribution in [0, 0.1) is 12.8 Å². The predicted molar refractivity (Wildman–Crippen MR) is 98.7 cm³/mol. The third-order valence-corrected chi connectivity index (χ3v) is 1.05. The standard InChI is InChI=1S/2C5H10.C3H6.2C2H6.C2H2/c1-4-5(2)3;1-3-5-4-2;1-3-2;3*1-2/h4H,1-3H3;3,5H,4H2,1-2H3;3H,1H2,2H3;2*1-2H3;1-2H. The Morgan fingerprint density at radius 1 is 0.947 bits per heavy atom. The molecule has 0 unspecified atom stereocenters. The Labute approximate surface area is 125 Å². The molecule has 0 spiro atoms. The zero-order chi connectivity index (χ0) is 17.1. The van der Waals surface area contributed by atoms with E-state index in [0.717, 1.165) is 6.42 Å². The summed E-state index contributed by atoms with van der Waals surface area (Å²) < 4.78 is 0. The molecule has 0 aliphatic heterocycles. The molecule has 0 aliphatic rings. The monoisotopic (exact) mass is 268 g/mol. The first-order valence-electron chi connectivity index (χ1n) is 7.21. The molecule has 0 bridgehead atoms. The molecule has 0 aromatic heterocycles. The molecule has 0 fully saturated rings. The van der Waals surface area contributed by atoms with Crippen molar-refractivity contribution in [3.63, 3.8) is 0 Å². The average molecular weight is 269 g/mol. The summed E-state index contributed by atoms with van der Waals surface area (Å²) in [5.41, 5.74) is 1.38. The van der Waals surface area contributed by atoms with Gasteiger partial charge in [0.15, 0.2) is 0 Å². The zero-order valence-corrected chi connectivity index (χ0v) is 15.4. The maximum atomic E-state index is 4.00. The topological polar surface area (TPSA) is 0 Å². The zero-order valence-electron chi connectivity index (χ0n) is 15.4. The van der Waals surface area contributed by atoms with Crippen LogP contribution in [0.15, 0.2) is 36.5 Å². The molecule has 0 radical (unpaired) electrons. The van der Waals surface area contributed by atoms with Crippen LogP contribution in [0.3, 0.4) is 0 Å². The quantitative estimate of drug-likeness (QED) is 0.342. The highest BCUT2D eigenvalue weighted by atomic mass is 13.7. The molecular formula is C19H40. The lowest BCUT2D eigenvalue weighted by Gasteiger charge is -1.74. The third kappa shape index (κ3) is 474. The molecule has 0 N–H and O–H groups in total. The molecule has 0 aromatic rings. The lowest BCUT2D eigenvalue weighted by Crippen LogP contribution is -1.52. The lowest BCUT2D eigenvalue weighted by molar-refractivity contribution is 1.22. The van der Waals surface area contributed by atoms with Crippen LogP contribution < -0.4 is 0 Å². The number of allylic oxidation sites excluding steroid dienone is 5. The molecule has 0 heteroatoms. The summed E-state index contributed by atoms with van der Waals surface area (Å²) in [5.74, 6) is 0. The number of hydrogen-bond donors (Lipinski definition) is 0. The van der Waals surface area contributed by atoms with Crippen LogP contribution >= 0.6 is 0 Å². The molecular weight excluding hydrogens is 228 g/mol. The van der Waals surface area contributed by atoms with Crippen molar-refractivity contribution in [2.75, 3.05) is 0 Å². The maximum Gasteiger partial charge on any atom is -0.0379 e. The highest BCUT2D eigenvalue weighted by Crippen LogP contribution is 1.82. The van der Waals surface area contributed by atoms with E-state index in [2.05, 4.69) is 58.4 Å². The van der Waals surface area contributed by atoms with E-state index in [9.17, 15) is 0 Å². The van der Waals surface area contributed by atoms with E-state index in [1.54, 1.807) is 6.08 Å². The van der Waals surface area contributed by atoms with E-state index in [4.69, 9.17) is 0 Å². The minimum Gasteiger partial charge on any atom is -0.124 e. The molecule has 0 aliphatic carbocycles. The minimum atomic E-state index is 1.16. The van der Waals surface area contributed by atoms with Gasteiger partial charge in [0.05, 0.1) is 0 Å². The van der Waals surface area contributed by atoms with Gasteiger partial charge in [-0.25, -0.2) is 0 Å². The van der Waals surface area contributed by atoms with Gasteiger partial charge in [0.25, 0.3) is 0 Å². The van der Waals surface area contributed by atoms with E-state index in [1.807, 2.05) is 48.5 Å². The van der Waals surface area contributed by atoms with Gasteiger partial charge in [0.1, 0.15) is 0 Å². The Morgan fingerprint density at radius 2 is 1.16 bits per heavy atom. The second kappa shape index (κ2) is 90.9. The van der Waals surface area contributed by atoms with E-state index in [-0.39, 0.29) is 0 Å². The first-order chi connectivity index (χ1) is 9.10. The lowest BCUT2D eigenvalue weighted by atomic mass is 10.3. The van der Waals surface area contributed by atoms with E-state index < -0.39 is 0 Å². The molecule has 0 saturated heterocycles. The summed E-state index contributed by atoms with van der Waals surface area (Å²) in [7, 11) is 0. The van der Waals surface area contributed by atoms with Gasteiger partial charge in [-0.3, -0.25) is 0 Å². The minimum absolute atomic E-state index is 1.16. The van der Waals surface area contributed by atoms with Crippen molar-refractivity contribution in [3.05, 3.63) is 36.5 Å². The molecule has 0 heterocycles. The van der Waals surface area contributed by atoms with Gasteiger partial charge in [-0.1, -0.05) is 64.5 Å². The molecule has 0 atom stereocenters. The molecule has 0 saturated carbocycles. The second-order valence-corrected chi connectivity index (χ2v) is 2.75. The van der Waals surface area contributed by atoms with Gasteiger partial charge < -0.3 is 0 Å². The van der Waals surface area contributed by atoms with Crippen molar-refractivity contribution >= 4 is 0 Å². The maximum absolute atomic E-state index is 4.00. The van der Waals surface area contributed by atoms with Gasteiger partial charge in [-0.2, -0.15) is 0 Å². The summed E-state index contributed by atoms with van der Waals surface area (Å²) in [6.07, 6.45) is 17.2. The third-order valence-electron chi connectivity index (χ3n) is 1.05. The first-order valence-corrected chi connectivity index (χ1v) is 7.21. The number of terminal acetylenes is 1. The smallest absolute Gasteiger partial charge is 0.0379 e. The number of rotatable bonds is 1. The van der Waals surface area contributed by atoms with Crippen molar-refractivity contribution in [1.29, 1.82) is 0 Å². The highest BCUT2D eigenvalue weighted by molar-refractivity contribution is 4.88. The fraction of sp³-hybridized carbons (Fsp3) is 0.579. The van der Waals surface area contributed by atoms with Gasteiger partial charge >= 0.3 is 0 Å². The van der Waals surface area contributed by atoms with Crippen molar-refractivity contribution in [3.8, 4) is 12.8 Å². The van der Waals surface area contributed by atoms with E-state index in [1.165, 1.54) is 5.57 Å². The van der Waals surface area contributed by atoms with Crippen LogP contribution in [0.2, 0.25) is 0 Å². The Balaban J connectivity index is -0.0000000284.